The number of rotatable bonds is 8. The van der Waals surface area contributed by atoms with Crippen molar-refractivity contribution < 1.29 is 19.1 Å². The second-order valence-electron chi connectivity index (χ2n) is 6.60. The van der Waals surface area contributed by atoms with Crippen LogP contribution in [0.2, 0.25) is 0 Å². The number of H-pyrrole nitrogens is 1. The van der Waals surface area contributed by atoms with Crippen molar-refractivity contribution in [1.29, 1.82) is 0 Å². The minimum absolute atomic E-state index is 0.246. The van der Waals surface area contributed by atoms with Crippen molar-refractivity contribution in [3.63, 3.8) is 0 Å². The third-order valence-electron chi connectivity index (χ3n) is 4.54. The molecule has 1 heterocycles. The summed E-state index contributed by atoms with van der Waals surface area (Å²) < 4.78 is 11.0. The molecule has 0 unspecified atom stereocenters. The number of carbonyl (C=O) groups is 2. The van der Waals surface area contributed by atoms with Gasteiger partial charge in [-0.2, -0.15) is 5.10 Å². The van der Waals surface area contributed by atoms with E-state index in [1.807, 2.05) is 31.2 Å². The van der Waals surface area contributed by atoms with Gasteiger partial charge in [-0.15, -0.1) is 0 Å². The summed E-state index contributed by atoms with van der Waals surface area (Å²) >= 11 is 0. The lowest BCUT2D eigenvalue weighted by Crippen LogP contribution is -2.42. The first kappa shape index (κ1) is 19.7. The Labute approximate surface area is 164 Å². The first-order valence-corrected chi connectivity index (χ1v) is 9.68. The van der Waals surface area contributed by atoms with Crippen molar-refractivity contribution in [2.75, 3.05) is 13.2 Å². The minimum Gasteiger partial charge on any atom is -0.494 e. The van der Waals surface area contributed by atoms with Crippen molar-refractivity contribution in [3.8, 4) is 11.5 Å². The molecule has 0 spiro atoms. The minimum atomic E-state index is -0.390. The van der Waals surface area contributed by atoms with Crippen LogP contribution in [0.25, 0.3) is 0 Å². The maximum absolute atomic E-state index is 12.2. The number of hydrogen-bond donors (Lipinski definition) is 3. The zero-order chi connectivity index (χ0) is 19.8. The number of ether oxygens (including phenoxy) is 2. The van der Waals surface area contributed by atoms with Gasteiger partial charge in [0.2, 0.25) is 5.91 Å². The molecule has 2 amide bonds. The lowest BCUT2D eigenvalue weighted by molar-refractivity contribution is -0.122. The second-order valence-corrected chi connectivity index (χ2v) is 6.60. The van der Waals surface area contributed by atoms with Crippen LogP contribution in [-0.2, 0) is 17.6 Å². The van der Waals surface area contributed by atoms with E-state index in [9.17, 15) is 9.59 Å². The summed E-state index contributed by atoms with van der Waals surface area (Å²) in [5.41, 5.74) is 7.22. The van der Waals surface area contributed by atoms with Crippen LogP contribution in [0, 0.1) is 0 Å². The molecule has 0 radical (unpaired) electrons. The maximum atomic E-state index is 12.2. The van der Waals surface area contributed by atoms with E-state index >= 15 is 0 Å². The topological polar surface area (TPSA) is 105 Å². The van der Waals surface area contributed by atoms with Gasteiger partial charge in [0.25, 0.3) is 5.91 Å². The monoisotopic (exact) mass is 386 g/mol. The highest BCUT2D eigenvalue weighted by Crippen LogP contribution is 2.22. The van der Waals surface area contributed by atoms with Crippen LogP contribution in [0.1, 0.15) is 54.4 Å². The molecule has 150 valence electrons. The summed E-state index contributed by atoms with van der Waals surface area (Å²) in [5, 5.41) is 7.00. The number of carbonyl (C=O) groups excluding carboxylic acids is 2. The van der Waals surface area contributed by atoms with Crippen LogP contribution < -0.4 is 20.3 Å². The van der Waals surface area contributed by atoms with E-state index in [4.69, 9.17) is 9.47 Å². The molecule has 0 fully saturated rings. The maximum Gasteiger partial charge on any atom is 0.290 e. The third kappa shape index (κ3) is 5.25. The van der Waals surface area contributed by atoms with Crippen molar-refractivity contribution in [1.82, 2.24) is 21.0 Å². The highest BCUT2D eigenvalue weighted by Gasteiger charge is 2.21. The molecule has 1 aromatic heterocycles. The Morgan fingerprint density at radius 3 is 2.54 bits per heavy atom. The number of nitrogens with zero attached hydrogens (tertiary/aromatic N) is 1. The summed E-state index contributed by atoms with van der Waals surface area (Å²) in [4.78, 5) is 24.1. The van der Waals surface area contributed by atoms with Gasteiger partial charge in [-0.1, -0.05) is 0 Å². The number of aromatic amines is 1. The van der Waals surface area contributed by atoms with Crippen LogP contribution >= 0.6 is 0 Å². The van der Waals surface area contributed by atoms with Gasteiger partial charge in [-0.3, -0.25) is 25.5 Å². The predicted molar refractivity (Wildman–Crippen MR) is 103 cm³/mol. The number of aromatic nitrogens is 2. The van der Waals surface area contributed by atoms with Gasteiger partial charge in [0, 0.05) is 17.7 Å². The van der Waals surface area contributed by atoms with Crippen LogP contribution in [0.5, 0.6) is 11.5 Å². The lowest BCUT2D eigenvalue weighted by Gasteiger charge is -2.11. The quantitative estimate of drug-likeness (QED) is 0.477. The van der Waals surface area contributed by atoms with Crippen molar-refractivity contribution in [2.45, 2.75) is 45.4 Å². The fourth-order valence-corrected chi connectivity index (χ4v) is 3.14. The van der Waals surface area contributed by atoms with Crippen LogP contribution in [-0.4, -0.2) is 35.2 Å². The van der Waals surface area contributed by atoms with Crippen molar-refractivity contribution in [2.24, 2.45) is 0 Å². The number of amides is 2. The van der Waals surface area contributed by atoms with E-state index in [1.54, 1.807) is 0 Å². The number of nitrogens with one attached hydrogen (secondary N) is 3. The van der Waals surface area contributed by atoms with Crippen LogP contribution in [0.3, 0.4) is 0 Å². The Bertz CT molecular complexity index is 801. The van der Waals surface area contributed by atoms with Gasteiger partial charge in [-0.25, -0.2) is 0 Å². The van der Waals surface area contributed by atoms with E-state index in [2.05, 4.69) is 21.0 Å². The number of aryl methyl sites for hydroxylation is 1. The van der Waals surface area contributed by atoms with E-state index in [0.717, 1.165) is 48.4 Å². The molecule has 8 heteroatoms. The standard InChI is InChI=1S/C20H26N4O4/c1-2-27-14-9-11-15(12-10-14)28-13-5-8-18(25)22-24-20(26)19-16-6-3-4-7-17(16)21-23-19/h9-12H,2-8,13H2,1H3,(H,21,23)(H,22,25)(H,24,26). The molecule has 28 heavy (non-hydrogen) atoms. The summed E-state index contributed by atoms with van der Waals surface area (Å²) in [7, 11) is 0. The van der Waals surface area contributed by atoms with Crippen molar-refractivity contribution >= 4 is 11.8 Å². The molecule has 1 aromatic carbocycles. The zero-order valence-electron chi connectivity index (χ0n) is 16.0. The molecule has 0 atom stereocenters. The molecule has 0 bridgehead atoms. The van der Waals surface area contributed by atoms with Gasteiger partial charge < -0.3 is 9.47 Å². The first-order valence-electron chi connectivity index (χ1n) is 9.68. The molecule has 8 nitrogen and oxygen atoms in total. The molecular weight excluding hydrogens is 360 g/mol. The summed E-state index contributed by atoms with van der Waals surface area (Å²) in [5.74, 6) is 0.857. The van der Waals surface area contributed by atoms with Gasteiger partial charge in [-0.05, 0) is 63.3 Å². The third-order valence-corrected chi connectivity index (χ3v) is 4.54. The Balaban J connectivity index is 1.34. The van der Waals surface area contributed by atoms with E-state index in [0.29, 0.717) is 25.3 Å². The number of hydrazine groups is 1. The molecule has 2 aromatic rings. The molecule has 3 N–H and O–H groups in total. The van der Waals surface area contributed by atoms with Gasteiger partial charge >= 0.3 is 0 Å². The fourth-order valence-electron chi connectivity index (χ4n) is 3.14. The average molecular weight is 386 g/mol. The summed E-state index contributed by atoms with van der Waals surface area (Å²) in [6.45, 7) is 2.96. The molecule has 1 aliphatic rings. The molecule has 0 saturated carbocycles. The van der Waals surface area contributed by atoms with Crippen LogP contribution in [0.15, 0.2) is 24.3 Å². The normalized spacial score (nSPS) is 12.8. The van der Waals surface area contributed by atoms with Gasteiger partial charge in [0.15, 0.2) is 5.69 Å². The lowest BCUT2D eigenvalue weighted by atomic mass is 9.96. The van der Waals surface area contributed by atoms with Crippen LogP contribution in [0.4, 0.5) is 0 Å². The number of fused-ring (bicyclic) bond motifs is 1. The Morgan fingerprint density at radius 1 is 1.07 bits per heavy atom. The van der Waals surface area contributed by atoms with E-state index in [1.165, 1.54) is 0 Å². The van der Waals surface area contributed by atoms with Gasteiger partial charge in [0.1, 0.15) is 11.5 Å². The second kappa shape index (κ2) is 9.77. The Hall–Kier alpha value is -3.03. The SMILES string of the molecule is CCOc1ccc(OCCCC(=O)NNC(=O)c2n[nH]c3c2CCCC3)cc1. The highest BCUT2D eigenvalue weighted by atomic mass is 16.5. The Morgan fingerprint density at radius 2 is 1.79 bits per heavy atom. The Kier molecular flexibility index (Phi) is 6.89. The molecule has 1 aliphatic carbocycles. The summed E-state index contributed by atoms with van der Waals surface area (Å²) in [6.07, 6.45) is 4.68. The number of benzene rings is 1. The summed E-state index contributed by atoms with van der Waals surface area (Å²) in [6, 6.07) is 7.34. The van der Waals surface area contributed by atoms with Crippen molar-refractivity contribution in [3.05, 3.63) is 41.2 Å². The molecule has 3 rings (SSSR count). The number of hydrogen-bond acceptors (Lipinski definition) is 5. The predicted octanol–water partition coefficient (Wildman–Crippen LogP) is 2.31. The highest BCUT2D eigenvalue weighted by molar-refractivity contribution is 5.95. The first-order chi connectivity index (χ1) is 13.7. The molecular formula is C20H26N4O4. The zero-order valence-corrected chi connectivity index (χ0v) is 16.0. The smallest absolute Gasteiger partial charge is 0.290 e. The van der Waals surface area contributed by atoms with E-state index < -0.39 is 5.91 Å². The average Bonchev–Trinajstić information content (AvgIpc) is 3.15. The van der Waals surface area contributed by atoms with E-state index in [-0.39, 0.29) is 12.3 Å². The molecule has 0 aliphatic heterocycles. The molecule has 0 saturated heterocycles. The van der Waals surface area contributed by atoms with Gasteiger partial charge in [0.05, 0.1) is 13.2 Å². The largest absolute Gasteiger partial charge is 0.494 e. The fraction of sp³-hybridized carbons (Fsp3) is 0.450.